The van der Waals surface area contributed by atoms with E-state index in [4.69, 9.17) is 9.47 Å². The van der Waals surface area contributed by atoms with E-state index < -0.39 is 0 Å². The van der Waals surface area contributed by atoms with Crippen LogP contribution in [-0.2, 0) is 14.3 Å². The van der Waals surface area contributed by atoms with Gasteiger partial charge in [0.25, 0.3) is 0 Å². The van der Waals surface area contributed by atoms with Crippen molar-refractivity contribution < 1.29 is 14.3 Å². The van der Waals surface area contributed by atoms with E-state index >= 15 is 0 Å². The maximum Gasteiger partial charge on any atom is 0.315 e. The van der Waals surface area contributed by atoms with Crippen LogP contribution in [0.1, 0.15) is 124 Å². The van der Waals surface area contributed by atoms with Gasteiger partial charge in [0.05, 0.1) is 12.4 Å². The van der Waals surface area contributed by atoms with Crippen molar-refractivity contribution in [2.45, 2.75) is 129 Å². The van der Waals surface area contributed by atoms with Crippen molar-refractivity contribution in [1.29, 1.82) is 0 Å². The Hall–Kier alpha value is -0.220. The topological polar surface area (TPSA) is 35.5 Å². The molecule has 0 saturated carbocycles. The van der Waals surface area contributed by atoms with E-state index in [1.54, 1.807) is 11.8 Å². The molecule has 0 N–H and O–H groups in total. The van der Waals surface area contributed by atoms with Gasteiger partial charge in [-0.2, -0.15) is 0 Å². The van der Waals surface area contributed by atoms with Crippen LogP contribution >= 0.6 is 11.8 Å². The van der Waals surface area contributed by atoms with Crippen molar-refractivity contribution in [3.63, 3.8) is 0 Å². The second kappa shape index (κ2) is 22.5. The second-order valence-electron chi connectivity index (χ2n) is 8.38. The lowest BCUT2D eigenvalue weighted by molar-refractivity contribution is -0.141. The van der Waals surface area contributed by atoms with Gasteiger partial charge in [-0.15, -0.1) is 11.8 Å². The first-order valence-corrected chi connectivity index (χ1v) is 13.6. The van der Waals surface area contributed by atoms with Crippen molar-refractivity contribution in [2.75, 3.05) is 19.0 Å². The number of carbonyl (C=O) groups excluding carboxylic acids is 1. The molecule has 2 atom stereocenters. The SMILES string of the molecule is CCCCCCCCCCCCCOC(C)SCC(=O)OCC(CC)CCCC. The maximum atomic E-state index is 11.9. The smallest absolute Gasteiger partial charge is 0.315 e. The lowest BCUT2D eigenvalue weighted by Crippen LogP contribution is -2.17. The molecule has 2 unspecified atom stereocenters. The molecule has 0 amide bonds. The molecule has 0 aromatic carbocycles. The van der Waals surface area contributed by atoms with E-state index in [0.29, 0.717) is 18.3 Å². The number of rotatable bonds is 22. The molecule has 0 bridgehead atoms. The predicted molar refractivity (Wildman–Crippen MR) is 129 cm³/mol. The fourth-order valence-corrected chi connectivity index (χ4v) is 4.05. The summed E-state index contributed by atoms with van der Waals surface area (Å²) in [5, 5.41) is 0. The highest BCUT2D eigenvalue weighted by Crippen LogP contribution is 2.16. The number of thioether (sulfide) groups is 1. The summed E-state index contributed by atoms with van der Waals surface area (Å²) in [4.78, 5) is 11.9. The summed E-state index contributed by atoms with van der Waals surface area (Å²) >= 11 is 1.55. The monoisotopic (exact) mass is 430 g/mol. The Morgan fingerprint density at radius 2 is 1.34 bits per heavy atom. The first-order valence-electron chi connectivity index (χ1n) is 12.5. The summed E-state index contributed by atoms with van der Waals surface area (Å²) in [5.74, 6) is 0.803. The molecule has 0 heterocycles. The van der Waals surface area contributed by atoms with Crippen molar-refractivity contribution >= 4 is 17.7 Å². The number of hydrogen-bond acceptors (Lipinski definition) is 4. The minimum Gasteiger partial charge on any atom is -0.465 e. The van der Waals surface area contributed by atoms with Crippen molar-refractivity contribution in [1.82, 2.24) is 0 Å². The maximum absolute atomic E-state index is 11.9. The standard InChI is InChI=1S/C25H50O3S/c1-5-8-10-11-12-13-14-15-16-17-18-20-27-23(4)29-22-25(26)28-21-24(7-3)19-9-6-2/h23-24H,5-22H2,1-4H3. The van der Waals surface area contributed by atoms with Crippen LogP contribution in [0.3, 0.4) is 0 Å². The number of hydrogen-bond donors (Lipinski definition) is 0. The van der Waals surface area contributed by atoms with Crippen LogP contribution in [0.25, 0.3) is 0 Å². The molecule has 174 valence electrons. The molecule has 29 heavy (non-hydrogen) atoms. The average molecular weight is 431 g/mol. The largest absolute Gasteiger partial charge is 0.465 e. The molecule has 0 spiro atoms. The third-order valence-corrected chi connectivity index (χ3v) is 6.57. The van der Waals surface area contributed by atoms with Crippen LogP contribution in [0.15, 0.2) is 0 Å². The van der Waals surface area contributed by atoms with Gasteiger partial charge in [-0.05, 0) is 25.7 Å². The highest BCUT2D eigenvalue weighted by Gasteiger charge is 2.12. The highest BCUT2D eigenvalue weighted by atomic mass is 32.2. The van der Waals surface area contributed by atoms with Gasteiger partial charge in [0, 0.05) is 6.61 Å². The number of ether oxygens (including phenoxy) is 2. The zero-order chi connectivity index (χ0) is 21.6. The van der Waals surface area contributed by atoms with Crippen molar-refractivity contribution in [3.05, 3.63) is 0 Å². The summed E-state index contributed by atoms with van der Waals surface area (Å²) < 4.78 is 11.3. The Morgan fingerprint density at radius 3 is 1.90 bits per heavy atom. The second-order valence-corrected chi connectivity index (χ2v) is 9.67. The zero-order valence-electron chi connectivity index (χ0n) is 20.0. The van der Waals surface area contributed by atoms with Gasteiger partial charge in [-0.3, -0.25) is 4.79 Å². The number of carbonyl (C=O) groups is 1. The molecular weight excluding hydrogens is 380 g/mol. The number of unbranched alkanes of at least 4 members (excludes halogenated alkanes) is 11. The van der Waals surface area contributed by atoms with Gasteiger partial charge in [0.15, 0.2) is 0 Å². The molecule has 0 radical (unpaired) electrons. The van der Waals surface area contributed by atoms with Crippen LogP contribution < -0.4 is 0 Å². The fraction of sp³-hybridized carbons (Fsp3) is 0.960. The molecule has 0 aromatic rings. The third-order valence-electron chi connectivity index (χ3n) is 5.56. The van der Waals surface area contributed by atoms with E-state index in [1.807, 2.05) is 6.92 Å². The normalized spacial score (nSPS) is 13.4. The molecular formula is C25H50O3S. The van der Waals surface area contributed by atoms with Gasteiger partial charge in [-0.25, -0.2) is 0 Å². The molecule has 0 aliphatic heterocycles. The van der Waals surface area contributed by atoms with Gasteiger partial charge in [0.1, 0.15) is 5.44 Å². The van der Waals surface area contributed by atoms with Gasteiger partial charge in [0.2, 0.25) is 0 Å². The van der Waals surface area contributed by atoms with E-state index in [0.717, 1.165) is 25.9 Å². The van der Waals surface area contributed by atoms with Crippen molar-refractivity contribution in [3.8, 4) is 0 Å². The van der Waals surface area contributed by atoms with E-state index in [-0.39, 0.29) is 11.4 Å². The van der Waals surface area contributed by atoms with Crippen molar-refractivity contribution in [2.24, 2.45) is 5.92 Å². The molecule has 3 nitrogen and oxygen atoms in total. The first-order chi connectivity index (χ1) is 14.1. The minimum absolute atomic E-state index is 0.0627. The lowest BCUT2D eigenvalue weighted by atomic mass is 10.0. The van der Waals surface area contributed by atoms with Crippen LogP contribution in [0.5, 0.6) is 0 Å². The van der Waals surface area contributed by atoms with Gasteiger partial charge in [-0.1, -0.05) is 104 Å². The molecule has 0 aromatic heterocycles. The summed E-state index contributed by atoms with van der Waals surface area (Å²) in [5.41, 5.74) is 0.0627. The number of esters is 1. The van der Waals surface area contributed by atoms with Gasteiger partial charge < -0.3 is 9.47 Å². The van der Waals surface area contributed by atoms with Crippen LogP contribution in [0, 0.1) is 5.92 Å². The lowest BCUT2D eigenvalue weighted by Gasteiger charge is -2.15. The first kappa shape index (κ1) is 28.8. The molecule has 0 aliphatic rings. The van der Waals surface area contributed by atoms with Crippen LogP contribution in [-0.4, -0.2) is 30.4 Å². The van der Waals surface area contributed by atoms with E-state index in [9.17, 15) is 4.79 Å². The fourth-order valence-electron chi connectivity index (χ4n) is 3.40. The Kier molecular flexibility index (Phi) is 22.3. The minimum atomic E-state index is -0.102. The summed E-state index contributed by atoms with van der Waals surface area (Å²) in [6, 6.07) is 0. The quantitative estimate of drug-likeness (QED) is 0.0985. The van der Waals surface area contributed by atoms with E-state index in [2.05, 4.69) is 20.8 Å². The Labute approximate surface area is 186 Å². The molecule has 0 aliphatic carbocycles. The zero-order valence-corrected chi connectivity index (χ0v) is 20.8. The van der Waals surface area contributed by atoms with Crippen LogP contribution in [0.2, 0.25) is 0 Å². The molecule has 4 heteroatoms. The molecule has 0 saturated heterocycles. The summed E-state index contributed by atoms with van der Waals surface area (Å²) in [6.45, 7) is 10.1. The average Bonchev–Trinajstić information content (AvgIpc) is 2.73. The summed E-state index contributed by atoms with van der Waals surface area (Å²) in [7, 11) is 0. The predicted octanol–water partition coefficient (Wildman–Crippen LogP) is 8.15. The highest BCUT2D eigenvalue weighted by molar-refractivity contribution is 8.00. The molecule has 0 fully saturated rings. The Bertz CT molecular complexity index is 349. The third kappa shape index (κ3) is 20.8. The Balaban J connectivity index is 3.44. The Morgan fingerprint density at radius 1 is 0.793 bits per heavy atom. The molecule has 0 rings (SSSR count). The van der Waals surface area contributed by atoms with Crippen LogP contribution in [0.4, 0.5) is 0 Å². The van der Waals surface area contributed by atoms with Gasteiger partial charge >= 0.3 is 5.97 Å². The van der Waals surface area contributed by atoms with E-state index in [1.165, 1.54) is 77.0 Å². The summed E-state index contributed by atoms with van der Waals surface area (Å²) in [6.07, 6.45) is 19.5.